The van der Waals surface area contributed by atoms with Crippen molar-refractivity contribution in [1.82, 2.24) is 0 Å². The number of aldehydes is 1. The van der Waals surface area contributed by atoms with Gasteiger partial charge in [0, 0.05) is 5.56 Å². The highest BCUT2D eigenvalue weighted by Gasteiger charge is 2.34. The maximum absolute atomic E-state index is 12.9. The largest absolute Gasteiger partial charge is 0.490 e. The van der Waals surface area contributed by atoms with Crippen molar-refractivity contribution in [2.24, 2.45) is 5.92 Å². The second kappa shape index (κ2) is 5.85. The van der Waals surface area contributed by atoms with E-state index in [0.29, 0.717) is 5.92 Å². The van der Waals surface area contributed by atoms with E-state index in [4.69, 9.17) is 4.74 Å². The molecule has 0 radical (unpaired) electrons. The van der Waals surface area contributed by atoms with Gasteiger partial charge in [0.05, 0.1) is 5.56 Å². The molecule has 0 spiro atoms. The van der Waals surface area contributed by atoms with Crippen molar-refractivity contribution >= 4 is 6.29 Å². The Labute approximate surface area is 115 Å². The predicted octanol–water partition coefficient (Wildman–Crippen LogP) is 4.48. The molecule has 0 heterocycles. The first-order valence-corrected chi connectivity index (χ1v) is 6.75. The van der Waals surface area contributed by atoms with Crippen molar-refractivity contribution in [3.05, 3.63) is 29.3 Å². The van der Waals surface area contributed by atoms with E-state index in [0.717, 1.165) is 31.7 Å². The van der Waals surface area contributed by atoms with Gasteiger partial charge in [-0.15, -0.1) is 0 Å². The van der Waals surface area contributed by atoms with E-state index in [1.807, 2.05) is 6.92 Å². The van der Waals surface area contributed by atoms with Crippen LogP contribution in [0.4, 0.5) is 13.2 Å². The molecule has 20 heavy (non-hydrogen) atoms. The van der Waals surface area contributed by atoms with Gasteiger partial charge in [-0.2, -0.15) is 13.2 Å². The minimum absolute atomic E-state index is 0.0492. The molecule has 1 fully saturated rings. The van der Waals surface area contributed by atoms with Gasteiger partial charge >= 0.3 is 6.18 Å². The zero-order valence-corrected chi connectivity index (χ0v) is 11.2. The number of halogens is 3. The van der Waals surface area contributed by atoms with Crippen molar-refractivity contribution in [3.8, 4) is 5.75 Å². The summed E-state index contributed by atoms with van der Waals surface area (Å²) in [5.74, 6) is 0.519. The zero-order valence-electron chi connectivity index (χ0n) is 11.2. The lowest BCUT2D eigenvalue weighted by atomic mass is 9.88. The summed E-state index contributed by atoms with van der Waals surface area (Å²) in [7, 11) is 0. The molecule has 1 saturated carbocycles. The van der Waals surface area contributed by atoms with E-state index >= 15 is 0 Å². The predicted molar refractivity (Wildman–Crippen MR) is 68.9 cm³/mol. The molecule has 2 nitrogen and oxygen atoms in total. The first kappa shape index (κ1) is 14.9. The Kier molecular flexibility index (Phi) is 4.35. The van der Waals surface area contributed by atoms with Crippen LogP contribution in [0.1, 0.15) is 48.5 Å². The summed E-state index contributed by atoms with van der Waals surface area (Å²) in [6, 6.07) is 3.52. The molecule has 110 valence electrons. The molecule has 0 bridgehead atoms. The number of alkyl halides is 3. The second-order valence-corrected chi connectivity index (χ2v) is 5.28. The van der Waals surface area contributed by atoms with Gasteiger partial charge in [-0.3, -0.25) is 4.79 Å². The molecule has 2 unspecified atom stereocenters. The van der Waals surface area contributed by atoms with Crippen molar-refractivity contribution in [3.63, 3.8) is 0 Å². The van der Waals surface area contributed by atoms with E-state index < -0.39 is 11.7 Å². The normalized spacial score (nSPS) is 23.4. The molecule has 0 amide bonds. The zero-order chi connectivity index (χ0) is 14.8. The van der Waals surface area contributed by atoms with Crippen LogP contribution >= 0.6 is 0 Å². The Bertz CT molecular complexity index is 482. The fourth-order valence-electron chi connectivity index (χ4n) is 2.59. The summed E-state index contributed by atoms with van der Waals surface area (Å²) in [5.41, 5.74) is -1.30. The van der Waals surface area contributed by atoms with Crippen molar-refractivity contribution < 1.29 is 22.7 Å². The molecule has 0 aromatic heterocycles. The van der Waals surface area contributed by atoms with Gasteiger partial charge < -0.3 is 4.74 Å². The summed E-state index contributed by atoms with van der Waals surface area (Å²) in [6.07, 6.45) is -0.316. The molecule has 5 heteroatoms. The van der Waals surface area contributed by atoms with Crippen LogP contribution in [-0.2, 0) is 6.18 Å². The smallest absolute Gasteiger partial charge is 0.417 e. The van der Waals surface area contributed by atoms with Crippen LogP contribution in [0.25, 0.3) is 0 Å². The molecule has 1 aromatic carbocycles. The van der Waals surface area contributed by atoms with Crippen LogP contribution in [0.3, 0.4) is 0 Å². The minimum Gasteiger partial charge on any atom is -0.490 e. The highest BCUT2D eigenvalue weighted by Crippen LogP contribution is 2.35. The number of rotatable bonds is 3. The molecule has 1 aliphatic carbocycles. The first-order valence-electron chi connectivity index (χ1n) is 6.75. The number of hydrogen-bond donors (Lipinski definition) is 0. The Morgan fingerprint density at radius 2 is 1.95 bits per heavy atom. The third kappa shape index (κ3) is 3.32. The third-order valence-corrected chi connectivity index (χ3v) is 3.78. The Morgan fingerprint density at radius 1 is 1.25 bits per heavy atom. The standard InChI is InChI=1S/C15H17F3O2/c1-10-4-2-3-5-14(10)20-12-7-6-11(9-19)13(8-12)15(16,17)18/h6-10,14H,2-5H2,1H3. The number of hydrogen-bond acceptors (Lipinski definition) is 2. The van der Waals surface area contributed by atoms with Gasteiger partial charge in [-0.1, -0.05) is 13.3 Å². The fraction of sp³-hybridized carbons (Fsp3) is 0.533. The van der Waals surface area contributed by atoms with Gasteiger partial charge in [0.2, 0.25) is 0 Å². The van der Waals surface area contributed by atoms with Crippen LogP contribution in [-0.4, -0.2) is 12.4 Å². The quantitative estimate of drug-likeness (QED) is 0.766. The number of carbonyl (C=O) groups is 1. The van der Waals surface area contributed by atoms with Crippen molar-refractivity contribution in [1.29, 1.82) is 0 Å². The summed E-state index contributed by atoms with van der Waals surface area (Å²) >= 11 is 0. The average molecular weight is 286 g/mol. The van der Waals surface area contributed by atoms with Gasteiger partial charge in [-0.25, -0.2) is 0 Å². The average Bonchev–Trinajstić information content (AvgIpc) is 2.40. The van der Waals surface area contributed by atoms with E-state index in [1.54, 1.807) is 0 Å². The molecule has 1 aromatic rings. The number of benzene rings is 1. The van der Waals surface area contributed by atoms with Crippen LogP contribution in [0.5, 0.6) is 5.75 Å². The number of carbonyl (C=O) groups excluding carboxylic acids is 1. The minimum atomic E-state index is -4.55. The van der Waals surface area contributed by atoms with Gasteiger partial charge in [-0.05, 0) is 43.4 Å². The summed E-state index contributed by atoms with van der Waals surface area (Å²) in [5, 5.41) is 0. The van der Waals surface area contributed by atoms with E-state index in [-0.39, 0.29) is 23.7 Å². The summed E-state index contributed by atoms with van der Waals surface area (Å²) in [4.78, 5) is 10.7. The number of ether oxygens (including phenoxy) is 1. The van der Waals surface area contributed by atoms with Crippen LogP contribution in [0.2, 0.25) is 0 Å². The lowest BCUT2D eigenvalue weighted by Crippen LogP contribution is -2.28. The summed E-state index contributed by atoms with van der Waals surface area (Å²) in [6.45, 7) is 2.05. The lowest BCUT2D eigenvalue weighted by Gasteiger charge is -2.29. The molecular formula is C15H17F3O2. The topological polar surface area (TPSA) is 26.3 Å². The Morgan fingerprint density at radius 3 is 2.55 bits per heavy atom. The molecule has 0 aliphatic heterocycles. The molecule has 0 saturated heterocycles. The van der Waals surface area contributed by atoms with Gasteiger partial charge in [0.15, 0.2) is 6.29 Å². The van der Waals surface area contributed by atoms with Crippen molar-refractivity contribution in [2.45, 2.75) is 44.9 Å². The Balaban J connectivity index is 2.22. The molecule has 2 atom stereocenters. The molecule has 1 aliphatic rings. The third-order valence-electron chi connectivity index (χ3n) is 3.78. The van der Waals surface area contributed by atoms with Crippen molar-refractivity contribution in [2.75, 3.05) is 0 Å². The SMILES string of the molecule is CC1CCCCC1Oc1ccc(C=O)c(C(F)(F)F)c1. The monoisotopic (exact) mass is 286 g/mol. The highest BCUT2D eigenvalue weighted by atomic mass is 19.4. The molecule has 0 N–H and O–H groups in total. The van der Waals surface area contributed by atoms with Crippen LogP contribution < -0.4 is 4.74 Å². The van der Waals surface area contributed by atoms with Crippen LogP contribution in [0, 0.1) is 5.92 Å². The summed E-state index contributed by atoms with van der Waals surface area (Å²) < 4.78 is 44.3. The first-order chi connectivity index (χ1) is 9.41. The maximum atomic E-state index is 12.9. The second-order valence-electron chi connectivity index (χ2n) is 5.28. The molecular weight excluding hydrogens is 269 g/mol. The molecule has 2 rings (SSSR count). The van der Waals surface area contributed by atoms with E-state index in [2.05, 4.69) is 0 Å². The lowest BCUT2D eigenvalue weighted by molar-refractivity contribution is -0.138. The van der Waals surface area contributed by atoms with Gasteiger partial charge in [0.25, 0.3) is 0 Å². The highest BCUT2D eigenvalue weighted by molar-refractivity contribution is 5.78. The van der Waals surface area contributed by atoms with E-state index in [9.17, 15) is 18.0 Å². The van der Waals surface area contributed by atoms with Crippen LogP contribution in [0.15, 0.2) is 18.2 Å². The maximum Gasteiger partial charge on any atom is 0.417 e. The Hall–Kier alpha value is -1.52. The fourth-order valence-corrected chi connectivity index (χ4v) is 2.59. The van der Waals surface area contributed by atoms with Gasteiger partial charge in [0.1, 0.15) is 11.9 Å². The van der Waals surface area contributed by atoms with E-state index in [1.165, 1.54) is 12.1 Å².